The summed E-state index contributed by atoms with van der Waals surface area (Å²) >= 11 is 1.99. The molecule has 0 fully saturated rings. The molecule has 9 heteroatoms. The average Bonchev–Trinajstić information content (AvgIpc) is 2.73. The first-order valence-corrected chi connectivity index (χ1v) is 11.8. The first kappa shape index (κ1) is 26.4. The number of ether oxygens (including phenoxy) is 2. The van der Waals surface area contributed by atoms with Crippen molar-refractivity contribution in [3.05, 3.63) is 92.1 Å². The molecule has 35 heavy (non-hydrogen) atoms. The maximum atomic E-state index is 14.5. The van der Waals surface area contributed by atoms with E-state index in [9.17, 15) is 18.4 Å². The molecule has 0 aliphatic carbocycles. The Morgan fingerprint density at radius 2 is 1.77 bits per heavy atom. The maximum absolute atomic E-state index is 14.5. The van der Waals surface area contributed by atoms with E-state index in [1.54, 1.807) is 57.2 Å². The zero-order chi connectivity index (χ0) is 25.8. The number of benzene rings is 3. The van der Waals surface area contributed by atoms with Gasteiger partial charge in [-0.15, -0.1) is 0 Å². The number of carbonyl (C=O) groups excluding carboxylic acids is 2. The minimum atomic E-state index is -0.830. The molecule has 6 nitrogen and oxygen atoms in total. The lowest BCUT2D eigenvalue weighted by atomic mass is 9.98. The van der Waals surface area contributed by atoms with E-state index in [4.69, 9.17) is 15.2 Å². The Balaban J connectivity index is 1.85. The van der Waals surface area contributed by atoms with Gasteiger partial charge in [0.15, 0.2) is 0 Å². The Labute approximate surface area is 215 Å². The molecule has 3 aromatic rings. The molecule has 3 N–H and O–H groups in total. The Morgan fingerprint density at radius 1 is 1.03 bits per heavy atom. The molecular weight excluding hydrogens is 569 g/mol. The van der Waals surface area contributed by atoms with Crippen LogP contribution in [-0.4, -0.2) is 17.6 Å². The first-order valence-electron chi connectivity index (χ1n) is 10.7. The number of nitrogens with one attached hydrogen (secondary N) is 1. The fourth-order valence-electron chi connectivity index (χ4n) is 3.34. The molecule has 3 aromatic carbocycles. The second kappa shape index (κ2) is 11.0. The van der Waals surface area contributed by atoms with Crippen molar-refractivity contribution in [3.8, 4) is 11.5 Å². The lowest BCUT2D eigenvalue weighted by Gasteiger charge is -2.19. The van der Waals surface area contributed by atoms with Crippen LogP contribution in [-0.2, 0) is 17.7 Å². The number of amides is 2. The van der Waals surface area contributed by atoms with Gasteiger partial charge in [0.2, 0.25) is 0 Å². The largest absolute Gasteiger partial charge is 0.456 e. The molecule has 0 aliphatic rings. The SMILES string of the molecule is CC(C)(C)OC(=O)NCc1cccc(Oc2cc(F)cc(Cc3ccc(I)cc3F)c2C(N)=O)c1. The van der Waals surface area contributed by atoms with E-state index < -0.39 is 29.2 Å². The van der Waals surface area contributed by atoms with Crippen LogP contribution < -0.4 is 15.8 Å². The summed E-state index contributed by atoms with van der Waals surface area (Å²) in [6, 6.07) is 13.5. The van der Waals surface area contributed by atoms with Crippen molar-refractivity contribution in [1.29, 1.82) is 0 Å². The molecule has 0 bridgehead atoms. The number of halogens is 3. The highest BCUT2D eigenvalue weighted by Gasteiger charge is 2.20. The molecule has 2 amide bonds. The van der Waals surface area contributed by atoms with E-state index in [2.05, 4.69) is 5.32 Å². The van der Waals surface area contributed by atoms with Crippen molar-refractivity contribution in [2.45, 2.75) is 39.3 Å². The smallest absolute Gasteiger partial charge is 0.407 e. The fraction of sp³-hybridized carbons (Fsp3) is 0.231. The van der Waals surface area contributed by atoms with Crippen LogP contribution in [0.4, 0.5) is 13.6 Å². The summed E-state index contributed by atoms with van der Waals surface area (Å²) in [5.74, 6) is -1.75. The third kappa shape index (κ3) is 7.64. The van der Waals surface area contributed by atoms with Crippen molar-refractivity contribution in [2.75, 3.05) is 0 Å². The van der Waals surface area contributed by atoms with Gasteiger partial charge in [-0.2, -0.15) is 0 Å². The van der Waals surface area contributed by atoms with Crippen LogP contribution in [0.2, 0.25) is 0 Å². The number of nitrogens with two attached hydrogens (primary N) is 1. The third-order valence-electron chi connectivity index (χ3n) is 4.75. The summed E-state index contributed by atoms with van der Waals surface area (Å²) in [4.78, 5) is 24.2. The van der Waals surface area contributed by atoms with E-state index >= 15 is 0 Å². The molecular formula is C26H25F2IN2O4. The molecule has 0 unspecified atom stereocenters. The van der Waals surface area contributed by atoms with Gasteiger partial charge in [-0.25, -0.2) is 13.6 Å². The van der Waals surface area contributed by atoms with Gasteiger partial charge in [0, 0.05) is 22.6 Å². The quantitative estimate of drug-likeness (QED) is 0.325. The molecule has 0 saturated heterocycles. The van der Waals surface area contributed by atoms with Crippen molar-refractivity contribution in [1.82, 2.24) is 5.32 Å². The monoisotopic (exact) mass is 594 g/mol. The lowest BCUT2D eigenvalue weighted by molar-refractivity contribution is 0.0523. The van der Waals surface area contributed by atoms with Crippen LogP contribution in [0.5, 0.6) is 11.5 Å². The van der Waals surface area contributed by atoms with Crippen molar-refractivity contribution in [2.24, 2.45) is 5.73 Å². The Bertz CT molecular complexity index is 1260. The second-order valence-corrected chi connectivity index (χ2v) is 10.1. The predicted molar refractivity (Wildman–Crippen MR) is 136 cm³/mol. The Hall–Kier alpha value is -3.21. The molecule has 184 valence electrons. The number of hydrogen-bond acceptors (Lipinski definition) is 4. The van der Waals surface area contributed by atoms with Gasteiger partial charge in [0.05, 0.1) is 5.56 Å². The Kier molecular flexibility index (Phi) is 8.31. The molecule has 0 atom stereocenters. The van der Waals surface area contributed by atoms with Crippen LogP contribution in [0.25, 0.3) is 0 Å². The van der Waals surface area contributed by atoms with Crippen LogP contribution in [0.1, 0.15) is 47.8 Å². The minimum Gasteiger partial charge on any atom is -0.456 e. The predicted octanol–water partition coefficient (Wildman–Crippen LogP) is 6.08. The van der Waals surface area contributed by atoms with E-state index in [-0.39, 0.29) is 29.8 Å². The van der Waals surface area contributed by atoms with Crippen LogP contribution in [0, 0.1) is 15.2 Å². The zero-order valence-corrected chi connectivity index (χ0v) is 21.6. The minimum absolute atomic E-state index is 0.0402. The van der Waals surface area contributed by atoms with Gasteiger partial charge < -0.3 is 20.5 Å². The van der Waals surface area contributed by atoms with Gasteiger partial charge in [0.1, 0.15) is 28.7 Å². The van der Waals surface area contributed by atoms with Gasteiger partial charge in [-0.1, -0.05) is 18.2 Å². The molecule has 0 aliphatic heterocycles. The van der Waals surface area contributed by atoms with Crippen LogP contribution in [0.3, 0.4) is 0 Å². The van der Waals surface area contributed by atoms with E-state index in [0.717, 1.165) is 12.1 Å². The zero-order valence-electron chi connectivity index (χ0n) is 19.5. The van der Waals surface area contributed by atoms with E-state index in [0.29, 0.717) is 20.4 Å². The summed E-state index contributed by atoms with van der Waals surface area (Å²) < 4.78 is 40.6. The first-order chi connectivity index (χ1) is 16.4. The highest BCUT2D eigenvalue weighted by Crippen LogP contribution is 2.31. The highest BCUT2D eigenvalue weighted by molar-refractivity contribution is 14.1. The van der Waals surface area contributed by atoms with Crippen LogP contribution in [0.15, 0.2) is 54.6 Å². The summed E-state index contributed by atoms with van der Waals surface area (Å²) in [6.07, 6.45) is -0.618. The van der Waals surface area contributed by atoms with Crippen molar-refractivity contribution in [3.63, 3.8) is 0 Å². The van der Waals surface area contributed by atoms with E-state index in [1.165, 1.54) is 6.07 Å². The molecule has 0 spiro atoms. The number of carbonyl (C=O) groups is 2. The normalized spacial score (nSPS) is 11.1. The Morgan fingerprint density at radius 3 is 2.43 bits per heavy atom. The summed E-state index contributed by atoms with van der Waals surface area (Å²) in [6.45, 7) is 5.45. The summed E-state index contributed by atoms with van der Waals surface area (Å²) in [5, 5.41) is 2.64. The van der Waals surface area contributed by atoms with Crippen molar-refractivity contribution < 1.29 is 27.8 Å². The van der Waals surface area contributed by atoms with E-state index in [1.807, 2.05) is 22.6 Å². The standard InChI is InChI=1S/C26H25F2IN2O4/c1-26(2,3)35-25(33)31-14-15-5-4-6-20(9-15)34-22-12-18(27)11-17(23(22)24(30)32)10-16-7-8-19(29)13-21(16)28/h4-9,11-13H,10,14H2,1-3H3,(H2,30,32)(H,31,33). The summed E-state index contributed by atoms with van der Waals surface area (Å²) in [7, 11) is 0. The lowest BCUT2D eigenvalue weighted by Crippen LogP contribution is -2.32. The average molecular weight is 594 g/mol. The maximum Gasteiger partial charge on any atom is 0.407 e. The van der Waals surface area contributed by atoms with Crippen LogP contribution >= 0.6 is 22.6 Å². The summed E-state index contributed by atoms with van der Waals surface area (Å²) in [5.41, 5.74) is 6.11. The van der Waals surface area contributed by atoms with Crippen molar-refractivity contribution >= 4 is 34.6 Å². The molecule has 3 rings (SSSR count). The fourth-order valence-corrected chi connectivity index (χ4v) is 3.79. The van der Waals surface area contributed by atoms with Gasteiger partial charge in [0.25, 0.3) is 5.91 Å². The number of primary amides is 1. The number of hydrogen-bond donors (Lipinski definition) is 2. The second-order valence-electron chi connectivity index (χ2n) is 8.82. The molecule has 0 heterocycles. The van der Waals surface area contributed by atoms with Gasteiger partial charge in [-0.3, -0.25) is 4.79 Å². The van der Waals surface area contributed by atoms with Gasteiger partial charge >= 0.3 is 6.09 Å². The topological polar surface area (TPSA) is 90.7 Å². The number of alkyl carbamates (subject to hydrolysis) is 1. The highest BCUT2D eigenvalue weighted by atomic mass is 127. The van der Waals surface area contributed by atoms with Gasteiger partial charge in [-0.05, 0) is 90.4 Å². The number of rotatable bonds is 7. The third-order valence-corrected chi connectivity index (χ3v) is 5.42. The molecule has 0 radical (unpaired) electrons. The molecule has 0 saturated carbocycles. The molecule has 0 aromatic heterocycles.